The molecular weight excluding hydrogens is 408 g/mol. The van der Waals surface area contributed by atoms with Gasteiger partial charge in [0.05, 0.1) is 22.0 Å². The summed E-state index contributed by atoms with van der Waals surface area (Å²) in [6.45, 7) is 2.75. The summed E-state index contributed by atoms with van der Waals surface area (Å²) < 4.78 is 26.5. The molecule has 6 nitrogen and oxygen atoms in total. The third-order valence-corrected chi connectivity index (χ3v) is 6.74. The Morgan fingerprint density at radius 1 is 1.10 bits per heavy atom. The third-order valence-electron chi connectivity index (χ3n) is 4.60. The maximum atomic E-state index is 13.2. The fourth-order valence-electron chi connectivity index (χ4n) is 3.00. The number of unbranched alkanes of at least 4 members (excludes halogenated alkanes) is 1. The number of anilines is 1. The summed E-state index contributed by atoms with van der Waals surface area (Å²) in [6, 6.07) is 14.9. The fourth-order valence-corrected chi connectivity index (χ4v) is 4.50. The molecule has 1 aromatic heterocycles. The van der Waals surface area contributed by atoms with E-state index in [0.29, 0.717) is 28.4 Å². The molecule has 0 N–H and O–H groups in total. The zero-order valence-corrected chi connectivity index (χ0v) is 17.8. The first-order valence-electron chi connectivity index (χ1n) is 9.25. The molecule has 8 heteroatoms. The van der Waals surface area contributed by atoms with Gasteiger partial charge in [0.15, 0.2) is 11.1 Å². The van der Waals surface area contributed by atoms with Crippen molar-refractivity contribution in [2.75, 3.05) is 18.5 Å². The summed E-state index contributed by atoms with van der Waals surface area (Å²) in [5.41, 5.74) is 1.33. The van der Waals surface area contributed by atoms with Crippen LogP contribution in [-0.2, 0) is 9.84 Å². The molecular formula is C21H21ClN4O2S. The molecule has 0 bridgehead atoms. The zero-order valence-electron chi connectivity index (χ0n) is 16.2. The number of rotatable bonds is 7. The van der Waals surface area contributed by atoms with Crippen molar-refractivity contribution >= 4 is 38.3 Å². The first-order valence-corrected chi connectivity index (χ1v) is 11.2. The van der Waals surface area contributed by atoms with Crippen LogP contribution < -0.4 is 4.90 Å². The number of sulfone groups is 1. The topological polar surface area (TPSA) is 86.9 Å². The number of hydrogen-bond donors (Lipinski definition) is 0. The second-order valence-electron chi connectivity index (χ2n) is 6.70. The van der Waals surface area contributed by atoms with Crippen LogP contribution in [0.5, 0.6) is 0 Å². The van der Waals surface area contributed by atoms with E-state index >= 15 is 0 Å². The van der Waals surface area contributed by atoms with Gasteiger partial charge in [-0.25, -0.2) is 18.4 Å². The first kappa shape index (κ1) is 21.0. The minimum absolute atomic E-state index is 0.0190. The number of hydrogen-bond acceptors (Lipinski definition) is 6. The highest BCUT2D eigenvalue weighted by Gasteiger charge is 2.34. The minimum Gasteiger partial charge on any atom is -0.358 e. The third kappa shape index (κ3) is 4.34. The number of nitrogens with zero attached hydrogens (tertiary/aromatic N) is 4. The van der Waals surface area contributed by atoms with Gasteiger partial charge in [0.1, 0.15) is 5.69 Å². The van der Waals surface area contributed by atoms with Crippen LogP contribution in [0.1, 0.15) is 30.7 Å². The molecule has 3 rings (SSSR count). The minimum atomic E-state index is -4.02. The van der Waals surface area contributed by atoms with Gasteiger partial charge in [-0.1, -0.05) is 37.1 Å². The molecule has 3 aromatic rings. The van der Waals surface area contributed by atoms with Crippen LogP contribution in [0.15, 0.2) is 53.4 Å². The number of fused-ring (bicyclic) bond motifs is 1. The molecule has 0 spiro atoms. The molecule has 29 heavy (non-hydrogen) atoms. The zero-order chi connectivity index (χ0) is 21.0. The Kier molecular flexibility index (Phi) is 6.36. The summed E-state index contributed by atoms with van der Waals surface area (Å²) in [4.78, 5) is 11.1. The van der Waals surface area contributed by atoms with Gasteiger partial charge in [0.25, 0.3) is 0 Å². The lowest BCUT2D eigenvalue weighted by atomic mass is 10.2. The number of benzene rings is 2. The smallest absolute Gasteiger partial charge is 0.200 e. The average Bonchev–Trinajstić information content (AvgIpc) is 2.72. The van der Waals surface area contributed by atoms with Gasteiger partial charge >= 0.3 is 0 Å². The van der Waals surface area contributed by atoms with E-state index in [9.17, 15) is 13.7 Å². The fraction of sp³-hybridized carbons (Fsp3) is 0.286. The number of aromatic nitrogens is 2. The quantitative estimate of drug-likeness (QED) is 0.548. The lowest BCUT2D eigenvalue weighted by Crippen LogP contribution is -2.24. The number of halogens is 1. The van der Waals surface area contributed by atoms with Gasteiger partial charge < -0.3 is 4.90 Å². The van der Waals surface area contributed by atoms with E-state index < -0.39 is 15.1 Å². The Morgan fingerprint density at radius 3 is 2.31 bits per heavy atom. The van der Waals surface area contributed by atoms with Gasteiger partial charge in [-0.05, 0) is 42.8 Å². The van der Waals surface area contributed by atoms with Gasteiger partial charge in [-0.15, -0.1) is 0 Å². The van der Waals surface area contributed by atoms with Gasteiger partial charge in [-0.3, -0.25) is 0 Å². The van der Waals surface area contributed by atoms with Crippen LogP contribution >= 0.6 is 11.6 Å². The lowest BCUT2D eigenvalue weighted by Gasteiger charge is -2.23. The highest BCUT2D eigenvalue weighted by atomic mass is 35.5. The molecule has 0 radical (unpaired) electrons. The molecule has 0 aliphatic rings. The molecule has 0 fully saturated rings. The van der Waals surface area contributed by atoms with E-state index in [4.69, 9.17) is 11.6 Å². The molecule has 0 saturated heterocycles. The molecule has 1 heterocycles. The Labute approximate surface area is 175 Å². The molecule has 0 aliphatic carbocycles. The maximum absolute atomic E-state index is 13.2. The van der Waals surface area contributed by atoms with E-state index in [0.717, 1.165) is 12.8 Å². The van der Waals surface area contributed by atoms with Crippen LogP contribution in [0, 0.1) is 11.3 Å². The normalized spacial score (nSPS) is 12.5. The predicted octanol–water partition coefficient (Wildman–Crippen LogP) is 4.56. The van der Waals surface area contributed by atoms with Crippen molar-refractivity contribution in [3.8, 4) is 6.07 Å². The van der Waals surface area contributed by atoms with Crippen LogP contribution in [0.2, 0.25) is 5.02 Å². The van der Waals surface area contributed by atoms with E-state index in [1.807, 2.05) is 30.1 Å². The summed E-state index contributed by atoms with van der Waals surface area (Å²) >= 11 is 5.88. The summed E-state index contributed by atoms with van der Waals surface area (Å²) in [6.07, 6.45) is 1.89. The van der Waals surface area contributed by atoms with E-state index in [2.05, 4.69) is 16.9 Å². The number of para-hydroxylation sites is 2. The molecule has 0 unspecified atom stereocenters. The Bertz CT molecular complexity index is 1160. The monoisotopic (exact) mass is 428 g/mol. The van der Waals surface area contributed by atoms with Gasteiger partial charge in [0.2, 0.25) is 9.84 Å². The van der Waals surface area contributed by atoms with Gasteiger partial charge in [-0.2, -0.15) is 5.26 Å². The summed E-state index contributed by atoms with van der Waals surface area (Å²) in [5.74, 6) is 0.404. The lowest BCUT2D eigenvalue weighted by molar-refractivity contribution is 0.590. The van der Waals surface area contributed by atoms with Gasteiger partial charge in [0, 0.05) is 18.6 Å². The first-order chi connectivity index (χ1) is 13.9. The van der Waals surface area contributed by atoms with E-state index in [-0.39, 0.29) is 10.6 Å². The highest BCUT2D eigenvalue weighted by molar-refractivity contribution is 7.92. The van der Waals surface area contributed by atoms with Crippen molar-refractivity contribution in [3.63, 3.8) is 0 Å². The summed E-state index contributed by atoms with van der Waals surface area (Å²) in [5, 5.41) is 8.78. The molecule has 1 atom stereocenters. The Balaban J connectivity index is 2.19. The molecule has 0 saturated carbocycles. The molecule has 0 aliphatic heterocycles. The maximum Gasteiger partial charge on any atom is 0.200 e. The van der Waals surface area contributed by atoms with Crippen molar-refractivity contribution in [1.82, 2.24) is 9.97 Å². The standard InChI is InChI=1S/C21H21ClN4O2S/c1-3-4-13-26(2)21-20(24-17-7-5-6-8-18(17)25-21)19(14-23)29(27,28)16-11-9-15(22)10-12-16/h5-12,19H,3-4,13H2,1-2H3/t19-/m1/s1. The van der Waals surface area contributed by atoms with E-state index in [1.54, 1.807) is 12.1 Å². The van der Waals surface area contributed by atoms with Crippen LogP contribution in [0.3, 0.4) is 0 Å². The van der Waals surface area contributed by atoms with Crippen LogP contribution in [-0.4, -0.2) is 32.0 Å². The van der Waals surface area contributed by atoms with Crippen LogP contribution in [0.4, 0.5) is 5.82 Å². The summed E-state index contributed by atoms with van der Waals surface area (Å²) in [7, 11) is -2.18. The Hall–Kier alpha value is -2.69. The molecule has 0 amide bonds. The van der Waals surface area contributed by atoms with Crippen molar-refractivity contribution in [3.05, 3.63) is 59.2 Å². The second-order valence-corrected chi connectivity index (χ2v) is 9.17. The van der Waals surface area contributed by atoms with Crippen molar-refractivity contribution in [1.29, 1.82) is 5.26 Å². The highest BCUT2D eigenvalue weighted by Crippen LogP contribution is 2.34. The van der Waals surface area contributed by atoms with Crippen LogP contribution in [0.25, 0.3) is 11.0 Å². The molecule has 2 aromatic carbocycles. The van der Waals surface area contributed by atoms with Crippen molar-refractivity contribution in [2.45, 2.75) is 29.9 Å². The largest absolute Gasteiger partial charge is 0.358 e. The predicted molar refractivity (Wildman–Crippen MR) is 115 cm³/mol. The van der Waals surface area contributed by atoms with Crippen molar-refractivity contribution < 1.29 is 8.42 Å². The van der Waals surface area contributed by atoms with E-state index in [1.165, 1.54) is 24.3 Å². The number of nitriles is 1. The van der Waals surface area contributed by atoms with Crippen molar-refractivity contribution in [2.24, 2.45) is 0 Å². The molecule has 150 valence electrons. The SMILES string of the molecule is CCCCN(C)c1nc2ccccc2nc1[C@@H](C#N)S(=O)(=O)c1ccc(Cl)cc1. The Morgan fingerprint density at radius 2 is 1.72 bits per heavy atom. The second kappa shape index (κ2) is 8.76. The average molecular weight is 429 g/mol.